The Morgan fingerprint density at radius 3 is 2.28 bits per heavy atom. The van der Waals surface area contributed by atoms with E-state index in [0.717, 1.165) is 22.6 Å². The Hall–Kier alpha value is -4.12. The molecule has 4 aromatic rings. The molecular weight excluding hydrogens is 497 g/mol. The first kappa shape index (κ1) is 25.0. The molecule has 0 saturated heterocycles. The molecule has 0 atom stereocenters. The number of hydrogen-bond donors (Lipinski definition) is 1. The van der Waals surface area contributed by atoms with Crippen molar-refractivity contribution in [3.63, 3.8) is 0 Å². The van der Waals surface area contributed by atoms with Crippen molar-refractivity contribution in [2.45, 2.75) is 17.6 Å². The molecule has 0 unspecified atom stereocenters. The minimum atomic E-state index is -4.75. The van der Waals surface area contributed by atoms with Crippen molar-refractivity contribution in [1.82, 2.24) is 4.98 Å². The number of ether oxygens (including phenoxy) is 1. The van der Waals surface area contributed by atoms with Crippen LogP contribution >= 0.6 is 0 Å². The monoisotopic (exact) mass is 516 g/mol. The van der Waals surface area contributed by atoms with Gasteiger partial charge in [-0.1, -0.05) is 30.3 Å². The Morgan fingerprint density at radius 1 is 1.03 bits per heavy atom. The highest BCUT2D eigenvalue weighted by Gasteiger charge is 2.34. The quantitative estimate of drug-likeness (QED) is 0.356. The second-order valence-corrected chi connectivity index (χ2v) is 9.59. The number of alkyl halides is 3. The molecule has 4 rings (SSSR count). The Labute approximate surface area is 204 Å². The summed E-state index contributed by atoms with van der Waals surface area (Å²) in [6.45, 7) is -0.342. The molecule has 0 saturated carbocycles. The van der Waals surface area contributed by atoms with Crippen molar-refractivity contribution in [3.8, 4) is 5.75 Å². The maximum Gasteiger partial charge on any atom is 0.416 e. The number of carboxylic acid groups (broad SMARTS) is 1. The zero-order valence-corrected chi connectivity index (χ0v) is 19.5. The Balaban J connectivity index is 2.04. The maximum absolute atomic E-state index is 13.9. The number of rotatable bonds is 7. The molecule has 0 amide bonds. The van der Waals surface area contributed by atoms with Crippen molar-refractivity contribution < 1.29 is 36.2 Å². The van der Waals surface area contributed by atoms with Crippen LogP contribution < -0.4 is 9.04 Å². The lowest BCUT2D eigenvalue weighted by molar-refractivity contribution is -0.137. The van der Waals surface area contributed by atoms with Gasteiger partial charge in [0.25, 0.3) is 10.0 Å². The van der Waals surface area contributed by atoms with Gasteiger partial charge in [-0.15, -0.1) is 0 Å². The van der Waals surface area contributed by atoms with Crippen LogP contribution in [0, 0.1) is 0 Å². The van der Waals surface area contributed by atoms with Crippen molar-refractivity contribution in [2.24, 2.45) is 0 Å². The van der Waals surface area contributed by atoms with Crippen LogP contribution in [0.1, 0.15) is 21.5 Å². The van der Waals surface area contributed by atoms with E-state index in [1.807, 2.05) is 0 Å². The van der Waals surface area contributed by atoms with Crippen LogP contribution in [-0.2, 0) is 22.7 Å². The molecule has 1 N–H and O–H groups in total. The lowest BCUT2D eigenvalue weighted by Crippen LogP contribution is -2.32. The van der Waals surface area contributed by atoms with Crippen molar-refractivity contribution in [3.05, 3.63) is 95.7 Å². The van der Waals surface area contributed by atoms with Crippen molar-refractivity contribution in [2.75, 3.05) is 11.4 Å². The number of anilines is 1. The predicted octanol–water partition coefficient (Wildman–Crippen LogP) is 5.36. The number of carboxylic acids is 1. The van der Waals surface area contributed by atoms with Crippen LogP contribution in [0.3, 0.4) is 0 Å². The molecular formula is C25H19F3N2O5S. The SMILES string of the molecule is COc1ccc(S(=O)(=O)N(Cc2ccccc2)c2c(C(=O)O)cnc3ccc(C(F)(F)F)cc23)cc1. The van der Waals surface area contributed by atoms with Gasteiger partial charge in [0, 0.05) is 11.6 Å². The van der Waals surface area contributed by atoms with E-state index in [2.05, 4.69) is 4.98 Å². The Bertz CT molecular complexity index is 1520. The number of aromatic carboxylic acids is 1. The molecule has 0 aliphatic heterocycles. The zero-order chi connectivity index (χ0) is 26.1. The first-order valence-corrected chi connectivity index (χ1v) is 11.9. The predicted molar refractivity (Wildman–Crippen MR) is 127 cm³/mol. The summed E-state index contributed by atoms with van der Waals surface area (Å²) < 4.78 is 74.3. The maximum atomic E-state index is 13.9. The highest BCUT2D eigenvalue weighted by atomic mass is 32.2. The fourth-order valence-electron chi connectivity index (χ4n) is 3.69. The van der Waals surface area contributed by atoms with E-state index in [1.54, 1.807) is 30.3 Å². The third-order valence-corrected chi connectivity index (χ3v) is 7.22. The molecule has 186 valence electrons. The molecule has 36 heavy (non-hydrogen) atoms. The first-order valence-electron chi connectivity index (χ1n) is 10.5. The summed E-state index contributed by atoms with van der Waals surface area (Å²) >= 11 is 0. The number of hydrogen-bond acceptors (Lipinski definition) is 5. The van der Waals surface area contributed by atoms with Gasteiger partial charge in [0.1, 0.15) is 11.3 Å². The Kier molecular flexibility index (Phi) is 6.59. The average Bonchev–Trinajstić information content (AvgIpc) is 2.86. The summed E-state index contributed by atoms with van der Waals surface area (Å²) in [6.07, 6.45) is -3.81. The van der Waals surface area contributed by atoms with Gasteiger partial charge >= 0.3 is 12.1 Å². The summed E-state index contributed by atoms with van der Waals surface area (Å²) in [7, 11) is -3.06. The van der Waals surface area contributed by atoms with Crippen LogP contribution in [-0.4, -0.2) is 31.6 Å². The van der Waals surface area contributed by atoms with Gasteiger partial charge in [0.05, 0.1) is 35.3 Å². The number of pyridine rings is 1. The minimum Gasteiger partial charge on any atom is -0.497 e. The number of nitrogens with zero attached hydrogens (tertiary/aromatic N) is 2. The second kappa shape index (κ2) is 9.50. The summed E-state index contributed by atoms with van der Waals surface area (Å²) in [6, 6.07) is 16.3. The number of sulfonamides is 1. The van der Waals surface area contributed by atoms with Crippen molar-refractivity contribution >= 4 is 32.6 Å². The normalized spacial score (nSPS) is 11.9. The van der Waals surface area contributed by atoms with Crippen LogP contribution in [0.5, 0.6) is 5.75 Å². The van der Waals surface area contributed by atoms with E-state index in [9.17, 15) is 31.5 Å². The van der Waals surface area contributed by atoms with Gasteiger partial charge in [-0.2, -0.15) is 13.2 Å². The van der Waals surface area contributed by atoms with Gasteiger partial charge in [-0.3, -0.25) is 9.29 Å². The summed E-state index contributed by atoms with van der Waals surface area (Å²) in [5.41, 5.74) is -1.55. The number of methoxy groups -OCH3 is 1. The fraction of sp³-hybridized carbons (Fsp3) is 0.120. The summed E-state index contributed by atoms with van der Waals surface area (Å²) in [5.74, 6) is -1.15. The Morgan fingerprint density at radius 2 is 1.69 bits per heavy atom. The highest BCUT2D eigenvalue weighted by Crippen LogP contribution is 2.38. The number of carbonyl (C=O) groups is 1. The molecule has 0 fully saturated rings. The molecule has 1 aromatic heterocycles. The molecule has 11 heteroatoms. The molecule has 0 spiro atoms. The van der Waals surface area contributed by atoms with E-state index in [0.29, 0.717) is 17.4 Å². The topological polar surface area (TPSA) is 96.8 Å². The molecule has 7 nitrogen and oxygen atoms in total. The van der Waals surface area contributed by atoms with Crippen LogP contribution in [0.25, 0.3) is 10.9 Å². The van der Waals surface area contributed by atoms with Crippen molar-refractivity contribution in [1.29, 1.82) is 0 Å². The number of fused-ring (bicyclic) bond motifs is 1. The fourth-order valence-corrected chi connectivity index (χ4v) is 5.18. The van der Waals surface area contributed by atoms with Crippen LogP contribution in [0.2, 0.25) is 0 Å². The average molecular weight is 516 g/mol. The molecule has 3 aromatic carbocycles. The molecule has 0 aliphatic carbocycles. The molecule has 1 heterocycles. The number of benzene rings is 3. The number of aromatic nitrogens is 1. The van der Waals surface area contributed by atoms with Gasteiger partial charge in [-0.05, 0) is 48.0 Å². The summed E-state index contributed by atoms with van der Waals surface area (Å²) in [4.78, 5) is 15.9. The zero-order valence-electron chi connectivity index (χ0n) is 18.7. The minimum absolute atomic E-state index is 0.00555. The van der Waals surface area contributed by atoms with Crippen LogP contribution in [0.15, 0.2) is 83.9 Å². The lowest BCUT2D eigenvalue weighted by Gasteiger charge is -2.27. The van der Waals surface area contributed by atoms with Gasteiger partial charge < -0.3 is 9.84 Å². The molecule has 0 radical (unpaired) electrons. The van der Waals surface area contributed by atoms with E-state index in [-0.39, 0.29) is 22.3 Å². The smallest absolute Gasteiger partial charge is 0.416 e. The van der Waals surface area contributed by atoms with E-state index >= 15 is 0 Å². The largest absolute Gasteiger partial charge is 0.497 e. The molecule has 0 bridgehead atoms. The third-order valence-electron chi connectivity index (χ3n) is 5.46. The van der Waals surface area contributed by atoms with Gasteiger partial charge in [-0.25, -0.2) is 13.2 Å². The van der Waals surface area contributed by atoms with E-state index in [1.165, 1.54) is 31.4 Å². The second-order valence-electron chi connectivity index (χ2n) is 7.73. The summed E-state index contributed by atoms with van der Waals surface area (Å²) in [5, 5.41) is 9.61. The highest BCUT2D eigenvalue weighted by molar-refractivity contribution is 7.92. The third kappa shape index (κ3) is 4.82. The molecule has 0 aliphatic rings. The van der Waals surface area contributed by atoms with Gasteiger partial charge in [0.2, 0.25) is 0 Å². The van der Waals surface area contributed by atoms with E-state index < -0.39 is 39.0 Å². The number of halogens is 3. The van der Waals surface area contributed by atoms with Gasteiger partial charge in [0.15, 0.2) is 0 Å². The lowest BCUT2D eigenvalue weighted by atomic mass is 10.1. The standard InChI is InChI=1S/C25H19F3N2O5S/c1-35-18-8-10-19(11-9-18)36(33,34)30(15-16-5-3-2-4-6-16)23-20-13-17(25(26,27)28)7-12-22(20)29-14-21(23)24(31)32/h2-14H,15H2,1H3,(H,31,32). The van der Waals surface area contributed by atoms with E-state index in [4.69, 9.17) is 4.74 Å². The van der Waals surface area contributed by atoms with Crippen LogP contribution in [0.4, 0.5) is 18.9 Å². The first-order chi connectivity index (χ1) is 17.0.